The molecule has 0 spiro atoms. The van der Waals surface area contributed by atoms with Crippen LogP contribution in [-0.4, -0.2) is 35.1 Å². The highest BCUT2D eigenvalue weighted by Gasteiger charge is 2.28. The maximum atomic E-state index is 10.8. The van der Waals surface area contributed by atoms with Gasteiger partial charge in [-0.15, -0.1) is 6.58 Å². The maximum absolute atomic E-state index is 10.8. The molecular weight excluding hydrogens is 272 g/mol. The summed E-state index contributed by atoms with van der Waals surface area (Å²) in [7, 11) is 2.15. The zero-order valence-electron chi connectivity index (χ0n) is 13.2. The van der Waals surface area contributed by atoms with Gasteiger partial charge in [0, 0.05) is 18.1 Å². The van der Waals surface area contributed by atoms with Gasteiger partial charge < -0.3 is 10.0 Å². The Bertz CT molecular complexity index is 649. The second-order valence-corrected chi connectivity index (χ2v) is 6.38. The van der Waals surface area contributed by atoms with Crippen LogP contribution < -0.4 is 0 Å². The summed E-state index contributed by atoms with van der Waals surface area (Å²) in [6.07, 6.45) is 5.31. The van der Waals surface area contributed by atoms with Crippen molar-refractivity contribution in [2.75, 3.05) is 20.1 Å². The van der Waals surface area contributed by atoms with Crippen LogP contribution in [0.15, 0.2) is 49.2 Å². The van der Waals surface area contributed by atoms with E-state index in [1.165, 1.54) is 0 Å². The second kappa shape index (κ2) is 6.59. The van der Waals surface area contributed by atoms with Crippen molar-refractivity contribution in [1.82, 2.24) is 9.88 Å². The molecule has 0 aliphatic carbocycles. The Morgan fingerprint density at radius 3 is 3.05 bits per heavy atom. The average molecular weight is 296 g/mol. The van der Waals surface area contributed by atoms with Gasteiger partial charge in [-0.3, -0.25) is 4.98 Å². The highest BCUT2D eigenvalue weighted by Crippen LogP contribution is 2.34. The Labute approximate surface area is 132 Å². The maximum Gasteiger partial charge on any atom is 0.0800 e. The van der Waals surface area contributed by atoms with E-state index in [9.17, 15) is 5.11 Å². The van der Waals surface area contributed by atoms with Crippen LogP contribution in [0, 0.1) is 11.8 Å². The molecule has 1 aromatic heterocycles. The van der Waals surface area contributed by atoms with Gasteiger partial charge in [0.1, 0.15) is 0 Å². The number of fused-ring (bicyclic) bond motifs is 1. The molecule has 3 atom stereocenters. The number of hydrogen-bond acceptors (Lipinski definition) is 3. The second-order valence-electron chi connectivity index (χ2n) is 6.38. The fraction of sp³-hybridized carbons (Fsp3) is 0.421. The molecule has 1 aliphatic heterocycles. The molecule has 22 heavy (non-hydrogen) atoms. The molecule has 1 aliphatic rings. The van der Waals surface area contributed by atoms with Gasteiger partial charge >= 0.3 is 0 Å². The van der Waals surface area contributed by atoms with Crippen molar-refractivity contribution in [2.24, 2.45) is 11.8 Å². The van der Waals surface area contributed by atoms with Crippen LogP contribution in [0.25, 0.3) is 10.9 Å². The lowest BCUT2D eigenvalue weighted by Gasteiger charge is -2.36. The highest BCUT2D eigenvalue weighted by molar-refractivity contribution is 5.82. The molecule has 1 fully saturated rings. The van der Waals surface area contributed by atoms with Gasteiger partial charge in [0.05, 0.1) is 11.6 Å². The van der Waals surface area contributed by atoms with Crippen LogP contribution in [0.3, 0.4) is 0 Å². The van der Waals surface area contributed by atoms with Gasteiger partial charge in [0.25, 0.3) is 0 Å². The topological polar surface area (TPSA) is 36.4 Å². The fourth-order valence-electron chi connectivity index (χ4n) is 3.58. The van der Waals surface area contributed by atoms with Gasteiger partial charge in [-0.25, -0.2) is 0 Å². The monoisotopic (exact) mass is 296 g/mol. The third-order valence-electron chi connectivity index (χ3n) is 4.88. The Morgan fingerprint density at radius 1 is 1.41 bits per heavy atom. The molecule has 1 N–H and O–H groups in total. The minimum Gasteiger partial charge on any atom is -0.388 e. The van der Waals surface area contributed by atoms with E-state index in [1.54, 1.807) is 6.20 Å². The van der Waals surface area contributed by atoms with Crippen molar-refractivity contribution in [3.8, 4) is 0 Å². The summed E-state index contributed by atoms with van der Waals surface area (Å²) >= 11 is 0. The summed E-state index contributed by atoms with van der Waals surface area (Å²) < 4.78 is 0. The van der Waals surface area contributed by atoms with E-state index in [2.05, 4.69) is 29.6 Å². The summed E-state index contributed by atoms with van der Waals surface area (Å²) in [6, 6.07) is 9.97. The molecule has 0 radical (unpaired) electrons. The molecule has 3 nitrogen and oxygen atoms in total. The van der Waals surface area contributed by atoms with Crippen LogP contribution in [0.1, 0.15) is 24.5 Å². The first kappa shape index (κ1) is 15.2. The van der Waals surface area contributed by atoms with E-state index in [4.69, 9.17) is 0 Å². The Balaban J connectivity index is 1.81. The molecule has 0 bridgehead atoms. The van der Waals surface area contributed by atoms with Gasteiger partial charge in [0.2, 0.25) is 0 Å². The zero-order valence-corrected chi connectivity index (χ0v) is 13.2. The number of aliphatic hydroxyl groups excluding tert-OH is 1. The number of nitrogens with zero attached hydrogens (tertiary/aromatic N) is 2. The van der Waals surface area contributed by atoms with Crippen molar-refractivity contribution in [2.45, 2.75) is 18.9 Å². The fourth-order valence-corrected chi connectivity index (χ4v) is 3.58. The van der Waals surface area contributed by atoms with E-state index in [0.29, 0.717) is 11.8 Å². The third kappa shape index (κ3) is 3.06. The van der Waals surface area contributed by atoms with Gasteiger partial charge in [-0.2, -0.15) is 0 Å². The molecule has 3 rings (SSSR count). The SMILES string of the molecule is C=C[C@H]1CN(C)CCC1C[C@H](O)c1ccnc2ccccc12. The van der Waals surface area contributed by atoms with E-state index >= 15 is 0 Å². The van der Waals surface area contributed by atoms with Crippen LogP contribution in [0.4, 0.5) is 0 Å². The van der Waals surface area contributed by atoms with E-state index in [-0.39, 0.29) is 0 Å². The van der Waals surface area contributed by atoms with Crippen molar-refractivity contribution in [3.05, 3.63) is 54.7 Å². The van der Waals surface area contributed by atoms with Crippen molar-refractivity contribution >= 4 is 10.9 Å². The Kier molecular flexibility index (Phi) is 4.55. The smallest absolute Gasteiger partial charge is 0.0800 e. The molecule has 2 heterocycles. The molecule has 1 unspecified atom stereocenters. The molecule has 0 saturated carbocycles. The van der Waals surface area contributed by atoms with Crippen molar-refractivity contribution < 1.29 is 5.11 Å². The lowest BCUT2D eigenvalue weighted by Crippen LogP contribution is -2.37. The summed E-state index contributed by atoms with van der Waals surface area (Å²) in [5, 5.41) is 11.8. The van der Waals surface area contributed by atoms with Crippen LogP contribution >= 0.6 is 0 Å². The normalized spacial score (nSPS) is 24.3. The molecule has 1 saturated heterocycles. The predicted molar refractivity (Wildman–Crippen MR) is 90.6 cm³/mol. The summed E-state index contributed by atoms with van der Waals surface area (Å²) in [5.41, 5.74) is 1.94. The number of piperidine rings is 1. The van der Waals surface area contributed by atoms with Gasteiger partial charge in [-0.1, -0.05) is 24.3 Å². The number of benzene rings is 1. The summed E-state index contributed by atoms with van der Waals surface area (Å²) in [5.74, 6) is 0.956. The van der Waals surface area contributed by atoms with Crippen molar-refractivity contribution in [3.63, 3.8) is 0 Å². The standard InChI is InChI=1S/C19H24N2O/c1-3-14-13-21(2)11-9-15(14)12-19(22)17-8-10-20-18-7-5-4-6-16(17)18/h3-8,10,14-15,19,22H,1,9,11-13H2,2H3/t14-,15?,19-/m0/s1. The molecule has 1 aromatic carbocycles. The minimum atomic E-state index is -0.441. The molecule has 3 heteroatoms. The first-order valence-corrected chi connectivity index (χ1v) is 8.02. The van der Waals surface area contributed by atoms with Crippen molar-refractivity contribution in [1.29, 1.82) is 0 Å². The largest absolute Gasteiger partial charge is 0.388 e. The summed E-state index contributed by atoms with van der Waals surface area (Å²) in [4.78, 5) is 6.72. The number of para-hydroxylation sites is 1. The number of hydrogen-bond donors (Lipinski definition) is 1. The average Bonchev–Trinajstić information content (AvgIpc) is 2.55. The number of aromatic nitrogens is 1. The van der Waals surface area contributed by atoms with E-state index in [0.717, 1.165) is 42.4 Å². The van der Waals surface area contributed by atoms with E-state index in [1.807, 2.05) is 30.3 Å². The Hall–Kier alpha value is -1.71. The number of rotatable bonds is 4. The Morgan fingerprint density at radius 2 is 2.23 bits per heavy atom. The molecule has 116 valence electrons. The van der Waals surface area contributed by atoms with Gasteiger partial charge in [0.15, 0.2) is 0 Å². The third-order valence-corrected chi connectivity index (χ3v) is 4.88. The van der Waals surface area contributed by atoms with Gasteiger partial charge in [-0.05, 0) is 56.0 Å². The minimum absolute atomic E-state index is 0.441. The lowest BCUT2D eigenvalue weighted by atomic mass is 9.80. The molecular formula is C19H24N2O. The van der Waals surface area contributed by atoms with Crippen LogP contribution in [-0.2, 0) is 0 Å². The number of pyridine rings is 1. The molecule has 0 amide bonds. The number of aliphatic hydroxyl groups is 1. The first-order valence-electron chi connectivity index (χ1n) is 8.02. The first-order chi connectivity index (χ1) is 10.7. The van der Waals surface area contributed by atoms with E-state index < -0.39 is 6.10 Å². The van der Waals surface area contributed by atoms with Crippen LogP contribution in [0.2, 0.25) is 0 Å². The zero-order chi connectivity index (χ0) is 15.5. The summed E-state index contributed by atoms with van der Waals surface area (Å²) in [6.45, 7) is 6.12. The number of likely N-dealkylation sites (tertiary alicyclic amines) is 1. The quantitative estimate of drug-likeness (QED) is 0.878. The molecule has 2 aromatic rings. The lowest BCUT2D eigenvalue weighted by molar-refractivity contribution is 0.0948. The van der Waals surface area contributed by atoms with Crippen LogP contribution in [0.5, 0.6) is 0 Å². The predicted octanol–water partition coefficient (Wildman–Crippen LogP) is 3.41. The highest BCUT2D eigenvalue weighted by atomic mass is 16.3.